The van der Waals surface area contributed by atoms with Crippen LogP contribution < -0.4 is 5.32 Å². The summed E-state index contributed by atoms with van der Waals surface area (Å²) in [6, 6.07) is 6.86. The fourth-order valence-corrected chi connectivity index (χ4v) is 1.92. The number of nitrogens with one attached hydrogen (secondary N) is 1. The first kappa shape index (κ1) is 13.2. The molecule has 1 N–H and O–H groups in total. The highest BCUT2D eigenvalue weighted by molar-refractivity contribution is 7.13. The van der Waals surface area contributed by atoms with Gasteiger partial charge in [-0.3, -0.25) is 14.9 Å². The summed E-state index contributed by atoms with van der Waals surface area (Å²) < 4.78 is 4.87. The van der Waals surface area contributed by atoms with Gasteiger partial charge < -0.3 is 4.74 Å². The van der Waals surface area contributed by atoms with E-state index in [0.717, 1.165) is 5.56 Å². The van der Waals surface area contributed by atoms with Crippen LogP contribution in [0.1, 0.15) is 22.8 Å². The van der Waals surface area contributed by atoms with Crippen LogP contribution in [0.2, 0.25) is 0 Å². The Bertz CT molecular complexity index is 564. The van der Waals surface area contributed by atoms with Crippen LogP contribution in [0.15, 0.2) is 35.8 Å². The Morgan fingerprint density at radius 2 is 2.05 bits per heavy atom. The molecule has 19 heavy (non-hydrogen) atoms. The van der Waals surface area contributed by atoms with Crippen LogP contribution in [0.25, 0.3) is 0 Å². The Kier molecular flexibility index (Phi) is 4.25. The first-order valence-electron chi connectivity index (χ1n) is 5.58. The molecule has 1 aromatic carbocycles. The van der Waals surface area contributed by atoms with Gasteiger partial charge in [-0.2, -0.15) is 0 Å². The third kappa shape index (κ3) is 3.89. The lowest BCUT2D eigenvalue weighted by Crippen LogP contribution is -2.11. The molecule has 0 saturated carbocycles. The molecule has 2 rings (SSSR count). The topological polar surface area (TPSA) is 68.3 Å². The van der Waals surface area contributed by atoms with Gasteiger partial charge in [0.1, 0.15) is 6.61 Å². The molecule has 0 saturated heterocycles. The number of rotatable bonds is 4. The summed E-state index contributed by atoms with van der Waals surface area (Å²) >= 11 is 1.36. The van der Waals surface area contributed by atoms with Gasteiger partial charge >= 0.3 is 5.97 Å². The number of esters is 1. The molecule has 0 unspecified atom stereocenters. The van der Waals surface area contributed by atoms with E-state index in [1.54, 1.807) is 35.8 Å². The number of nitrogens with zero attached hydrogens (tertiary/aromatic N) is 1. The molecule has 0 aliphatic carbocycles. The number of ether oxygens (including phenoxy) is 1. The number of hydrogen-bond donors (Lipinski definition) is 1. The van der Waals surface area contributed by atoms with Crippen LogP contribution >= 0.6 is 11.3 Å². The molecule has 0 spiro atoms. The predicted molar refractivity (Wildman–Crippen MR) is 72.0 cm³/mol. The lowest BCUT2D eigenvalue weighted by Gasteiger charge is -2.04. The van der Waals surface area contributed by atoms with E-state index in [1.165, 1.54) is 18.3 Å². The van der Waals surface area contributed by atoms with Gasteiger partial charge in [-0.25, -0.2) is 4.98 Å². The van der Waals surface area contributed by atoms with Crippen LogP contribution in [0, 0.1) is 0 Å². The van der Waals surface area contributed by atoms with Crippen molar-refractivity contribution in [2.75, 3.05) is 5.32 Å². The van der Waals surface area contributed by atoms with Gasteiger partial charge in [-0.05, 0) is 17.7 Å². The zero-order valence-electron chi connectivity index (χ0n) is 10.3. The highest BCUT2D eigenvalue weighted by Crippen LogP contribution is 2.13. The number of benzene rings is 1. The Morgan fingerprint density at radius 1 is 1.32 bits per heavy atom. The second-order valence-corrected chi connectivity index (χ2v) is 4.66. The van der Waals surface area contributed by atoms with E-state index < -0.39 is 0 Å². The number of amides is 1. The number of carbonyl (C=O) groups excluding carboxylic acids is 2. The second kappa shape index (κ2) is 6.10. The normalized spacial score (nSPS) is 9.95. The van der Waals surface area contributed by atoms with Crippen molar-refractivity contribution in [3.8, 4) is 0 Å². The zero-order valence-corrected chi connectivity index (χ0v) is 11.1. The summed E-state index contributed by atoms with van der Waals surface area (Å²) in [4.78, 5) is 26.5. The maximum atomic E-state index is 11.9. The largest absolute Gasteiger partial charge is 0.461 e. The number of hydrogen-bond acceptors (Lipinski definition) is 5. The zero-order chi connectivity index (χ0) is 13.7. The first-order chi connectivity index (χ1) is 9.15. The third-order valence-corrected chi connectivity index (χ3v) is 3.00. The van der Waals surface area contributed by atoms with Crippen molar-refractivity contribution < 1.29 is 14.3 Å². The fraction of sp³-hybridized carbons (Fsp3) is 0.154. The van der Waals surface area contributed by atoms with Gasteiger partial charge in [0.05, 0.1) is 0 Å². The molecule has 0 bridgehead atoms. The molecule has 5 nitrogen and oxygen atoms in total. The molecule has 0 atom stereocenters. The average Bonchev–Trinajstić information content (AvgIpc) is 2.89. The van der Waals surface area contributed by atoms with Crippen LogP contribution in [0.4, 0.5) is 5.13 Å². The van der Waals surface area contributed by atoms with Crippen molar-refractivity contribution in [1.82, 2.24) is 4.98 Å². The molecule has 1 heterocycles. The minimum atomic E-state index is -0.328. The summed E-state index contributed by atoms with van der Waals surface area (Å²) in [7, 11) is 0. The summed E-state index contributed by atoms with van der Waals surface area (Å²) in [5.74, 6) is -0.542. The average molecular weight is 276 g/mol. The Labute approximate surface area is 114 Å². The van der Waals surface area contributed by atoms with Crippen molar-refractivity contribution in [3.63, 3.8) is 0 Å². The molecular weight excluding hydrogens is 264 g/mol. The van der Waals surface area contributed by atoms with E-state index in [4.69, 9.17) is 4.74 Å². The molecular formula is C13H12N2O3S. The minimum Gasteiger partial charge on any atom is -0.461 e. The highest BCUT2D eigenvalue weighted by Gasteiger charge is 2.07. The van der Waals surface area contributed by atoms with E-state index >= 15 is 0 Å². The molecule has 1 aromatic heterocycles. The lowest BCUT2D eigenvalue weighted by molar-refractivity contribution is -0.142. The molecule has 0 radical (unpaired) electrons. The van der Waals surface area contributed by atoms with Crippen LogP contribution in [-0.2, 0) is 16.1 Å². The van der Waals surface area contributed by atoms with Crippen molar-refractivity contribution in [1.29, 1.82) is 0 Å². The first-order valence-corrected chi connectivity index (χ1v) is 6.46. The molecule has 0 aliphatic rings. The molecule has 2 aromatic rings. The summed E-state index contributed by atoms with van der Waals surface area (Å²) in [5.41, 5.74) is 1.36. The van der Waals surface area contributed by atoms with E-state index in [0.29, 0.717) is 10.7 Å². The predicted octanol–water partition coefficient (Wildman–Crippen LogP) is 2.46. The summed E-state index contributed by atoms with van der Waals surface area (Å²) in [6.45, 7) is 1.57. The molecule has 0 aliphatic heterocycles. The van der Waals surface area contributed by atoms with E-state index in [9.17, 15) is 9.59 Å². The standard InChI is InChI=1S/C13H12N2O3S/c1-9(16)18-8-10-2-4-11(5-3-10)12(17)15-13-14-6-7-19-13/h2-7H,8H2,1H3,(H,14,15,17). The van der Waals surface area contributed by atoms with Crippen LogP contribution in [0.5, 0.6) is 0 Å². The maximum Gasteiger partial charge on any atom is 0.302 e. The second-order valence-electron chi connectivity index (χ2n) is 3.77. The minimum absolute atomic E-state index is 0.212. The number of aromatic nitrogens is 1. The van der Waals surface area contributed by atoms with Crippen LogP contribution in [0.3, 0.4) is 0 Å². The van der Waals surface area contributed by atoms with Crippen molar-refractivity contribution in [3.05, 3.63) is 47.0 Å². The van der Waals surface area contributed by atoms with Gasteiger partial charge in [-0.1, -0.05) is 12.1 Å². The highest BCUT2D eigenvalue weighted by atomic mass is 32.1. The van der Waals surface area contributed by atoms with E-state index in [2.05, 4.69) is 10.3 Å². The Hall–Kier alpha value is -2.21. The summed E-state index contributed by atoms with van der Waals surface area (Å²) in [5, 5.41) is 5.04. The quantitative estimate of drug-likeness (QED) is 0.871. The third-order valence-electron chi connectivity index (χ3n) is 2.31. The SMILES string of the molecule is CC(=O)OCc1ccc(C(=O)Nc2nccs2)cc1. The number of thiazole rings is 1. The smallest absolute Gasteiger partial charge is 0.302 e. The Morgan fingerprint density at radius 3 is 2.63 bits per heavy atom. The van der Waals surface area contributed by atoms with Crippen molar-refractivity contribution >= 4 is 28.3 Å². The monoisotopic (exact) mass is 276 g/mol. The van der Waals surface area contributed by atoms with Crippen molar-refractivity contribution in [2.24, 2.45) is 0 Å². The maximum absolute atomic E-state index is 11.9. The molecule has 6 heteroatoms. The number of anilines is 1. The lowest BCUT2D eigenvalue weighted by atomic mass is 10.1. The van der Waals surface area contributed by atoms with Crippen molar-refractivity contribution in [2.45, 2.75) is 13.5 Å². The van der Waals surface area contributed by atoms with Gasteiger partial charge in [0.15, 0.2) is 5.13 Å². The molecule has 98 valence electrons. The van der Waals surface area contributed by atoms with Gasteiger partial charge in [-0.15, -0.1) is 11.3 Å². The number of carbonyl (C=O) groups is 2. The van der Waals surface area contributed by atoms with E-state index in [1.807, 2.05) is 0 Å². The summed E-state index contributed by atoms with van der Waals surface area (Å²) in [6.07, 6.45) is 1.63. The van der Waals surface area contributed by atoms with Gasteiger partial charge in [0.2, 0.25) is 0 Å². The van der Waals surface area contributed by atoms with Crippen LogP contribution in [-0.4, -0.2) is 16.9 Å². The molecule has 0 fully saturated rings. The molecule has 1 amide bonds. The fourth-order valence-electron chi connectivity index (χ4n) is 1.39. The van der Waals surface area contributed by atoms with Gasteiger partial charge in [0.25, 0.3) is 5.91 Å². The van der Waals surface area contributed by atoms with E-state index in [-0.39, 0.29) is 18.5 Å². The van der Waals surface area contributed by atoms with Gasteiger partial charge in [0, 0.05) is 24.1 Å². The Balaban J connectivity index is 1.97.